The summed E-state index contributed by atoms with van der Waals surface area (Å²) in [6, 6.07) is 9.36. The number of hydrogen-bond acceptors (Lipinski definition) is 4. The average Bonchev–Trinajstić information content (AvgIpc) is 2.38. The number of phenolic OH excluding ortho intramolecular Hbond substituents is 1. The van der Waals surface area contributed by atoms with Crippen molar-refractivity contribution >= 4 is 11.9 Å². The Morgan fingerprint density at radius 1 is 0.950 bits per heavy atom. The molecule has 6 heteroatoms. The van der Waals surface area contributed by atoms with Crippen LogP contribution >= 0.6 is 0 Å². The van der Waals surface area contributed by atoms with Crippen LogP contribution in [0.5, 0.6) is 17.2 Å². The van der Waals surface area contributed by atoms with Crippen LogP contribution in [0.3, 0.4) is 0 Å². The Bertz CT molecular complexity index is 677. The quantitative estimate of drug-likeness (QED) is 0.791. The van der Waals surface area contributed by atoms with Crippen LogP contribution in [-0.2, 0) is 0 Å². The standard InChI is InChI=1S/C14H10O6/c15-9-2-1-3-10(7-9)20-12-5-4-8(13(16)17)6-11(12)14(18)19/h1-7,15H,(H,16,17)(H,18,19). The molecule has 0 saturated heterocycles. The van der Waals surface area contributed by atoms with Gasteiger partial charge in [0.15, 0.2) is 0 Å². The second-order valence-corrected chi connectivity index (χ2v) is 3.92. The number of aromatic carboxylic acids is 2. The first-order valence-corrected chi connectivity index (χ1v) is 5.55. The summed E-state index contributed by atoms with van der Waals surface area (Å²) in [4.78, 5) is 22.0. The van der Waals surface area contributed by atoms with Crippen molar-refractivity contribution in [2.45, 2.75) is 0 Å². The zero-order valence-electron chi connectivity index (χ0n) is 10.1. The third-order valence-electron chi connectivity index (χ3n) is 2.50. The summed E-state index contributed by atoms with van der Waals surface area (Å²) in [5, 5.41) is 27.2. The highest BCUT2D eigenvalue weighted by Gasteiger charge is 2.15. The maximum absolute atomic E-state index is 11.1. The number of hydrogen-bond donors (Lipinski definition) is 3. The highest BCUT2D eigenvalue weighted by Crippen LogP contribution is 2.28. The largest absolute Gasteiger partial charge is 0.508 e. The molecule has 0 aromatic heterocycles. The number of carboxylic acid groups (broad SMARTS) is 2. The van der Waals surface area contributed by atoms with Gasteiger partial charge in [-0.25, -0.2) is 9.59 Å². The lowest BCUT2D eigenvalue weighted by Gasteiger charge is -2.09. The van der Waals surface area contributed by atoms with Gasteiger partial charge in [-0.3, -0.25) is 0 Å². The first-order valence-electron chi connectivity index (χ1n) is 5.55. The van der Waals surface area contributed by atoms with Crippen molar-refractivity contribution in [1.82, 2.24) is 0 Å². The fourth-order valence-corrected chi connectivity index (χ4v) is 1.59. The molecule has 0 aliphatic heterocycles. The minimum Gasteiger partial charge on any atom is -0.508 e. The fourth-order valence-electron chi connectivity index (χ4n) is 1.59. The van der Waals surface area contributed by atoms with Crippen molar-refractivity contribution < 1.29 is 29.6 Å². The Kier molecular flexibility index (Phi) is 3.56. The maximum Gasteiger partial charge on any atom is 0.339 e. The molecule has 0 fully saturated rings. The molecular formula is C14H10O6. The van der Waals surface area contributed by atoms with E-state index in [0.29, 0.717) is 0 Å². The summed E-state index contributed by atoms with van der Waals surface area (Å²) in [5.74, 6) is -2.31. The van der Waals surface area contributed by atoms with Crippen molar-refractivity contribution in [1.29, 1.82) is 0 Å². The number of phenols is 1. The molecule has 0 radical (unpaired) electrons. The number of rotatable bonds is 4. The maximum atomic E-state index is 11.1. The van der Waals surface area contributed by atoms with Gasteiger partial charge < -0.3 is 20.1 Å². The van der Waals surface area contributed by atoms with Crippen LogP contribution in [0.15, 0.2) is 42.5 Å². The van der Waals surface area contributed by atoms with Gasteiger partial charge >= 0.3 is 11.9 Å². The number of aromatic hydroxyl groups is 1. The van der Waals surface area contributed by atoms with Crippen LogP contribution in [0.1, 0.15) is 20.7 Å². The van der Waals surface area contributed by atoms with Gasteiger partial charge in [0.2, 0.25) is 0 Å². The van der Waals surface area contributed by atoms with E-state index >= 15 is 0 Å². The van der Waals surface area contributed by atoms with Crippen molar-refractivity contribution in [3.8, 4) is 17.2 Å². The molecule has 0 aliphatic carbocycles. The number of carbonyl (C=O) groups is 2. The van der Waals surface area contributed by atoms with Gasteiger partial charge in [0, 0.05) is 6.07 Å². The monoisotopic (exact) mass is 274 g/mol. The first kappa shape index (κ1) is 13.4. The van der Waals surface area contributed by atoms with Gasteiger partial charge in [0.25, 0.3) is 0 Å². The second kappa shape index (κ2) is 5.31. The van der Waals surface area contributed by atoms with Gasteiger partial charge in [-0.05, 0) is 30.3 Å². The summed E-state index contributed by atoms with van der Waals surface area (Å²) in [6.45, 7) is 0. The van der Waals surface area contributed by atoms with E-state index in [1.165, 1.54) is 36.4 Å². The van der Waals surface area contributed by atoms with E-state index in [4.69, 9.17) is 14.9 Å². The minimum absolute atomic E-state index is 0.00639. The molecule has 3 N–H and O–H groups in total. The highest BCUT2D eigenvalue weighted by molar-refractivity contribution is 5.96. The van der Waals surface area contributed by atoms with Crippen LogP contribution in [-0.4, -0.2) is 27.3 Å². The molecule has 2 rings (SSSR count). The zero-order valence-corrected chi connectivity index (χ0v) is 10.1. The third kappa shape index (κ3) is 2.86. The van der Waals surface area contributed by atoms with E-state index in [2.05, 4.69) is 0 Å². The Labute approximate surface area is 113 Å². The summed E-state index contributed by atoms with van der Waals surface area (Å²) >= 11 is 0. The predicted molar refractivity (Wildman–Crippen MR) is 68.5 cm³/mol. The molecule has 0 aliphatic rings. The second-order valence-electron chi connectivity index (χ2n) is 3.92. The molecule has 6 nitrogen and oxygen atoms in total. The fraction of sp³-hybridized carbons (Fsp3) is 0. The summed E-state index contributed by atoms with van der Waals surface area (Å²) < 4.78 is 5.35. The molecule has 0 heterocycles. The molecule has 0 atom stereocenters. The normalized spacial score (nSPS) is 10.0. The molecule has 0 spiro atoms. The van der Waals surface area contributed by atoms with E-state index in [-0.39, 0.29) is 28.4 Å². The molecule has 2 aromatic rings. The lowest BCUT2D eigenvalue weighted by Crippen LogP contribution is -2.04. The number of ether oxygens (including phenoxy) is 1. The summed E-state index contributed by atoms with van der Waals surface area (Å²) in [7, 11) is 0. The average molecular weight is 274 g/mol. The number of benzene rings is 2. The predicted octanol–water partition coefficient (Wildman–Crippen LogP) is 2.58. The Morgan fingerprint density at radius 2 is 1.70 bits per heavy atom. The minimum atomic E-state index is -1.30. The van der Waals surface area contributed by atoms with Crippen LogP contribution in [0, 0.1) is 0 Å². The van der Waals surface area contributed by atoms with E-state index in [9.17, 15) is 14.7 Å². The van der Waals surface area contributed by atoms with Crippen LogP contribution in [0.25, 0.3) is 0 Å². The molecule has 102 valence electrons. The van der Waals surface area contributed by atoms with Crippen molar-refractivity contribution in [2.75, 3.05) is 0 Å². The van der Waals surface area contributed by atoms with Gasteiger partial charge in [-0.1, -0.05) is 6.07 Å². The van der Waals surface area contributed by atoms with Crippen LogP contribution < -0.4 is 4.74 Å². The Hall–Kier alpha value is -3.02. The van der Waals surface area contributed by atoms with Crippen molar-refractivity contribution in [2.24, 2.45) is 0 Å². The van der Waals surface area contributed by atoms with Crippen molar-refractivity contribution in [3.63, 3.8) is 0 Å². The van der Waals surface area contributed by atoms with E-state index < -0.39 is 11.9 Å². The molecule has 0 saturated carbocycles. The van der Waals surface area contributed by atoms with E-state index in [0.717, 1.165) is 6.07 Å². The first-order chi connectivity index (χ1) is 9.47. The Morgan fingerprint density at radius 3 is 2.30 bits per heavy atom. The molecule has 2 aromatic carbocycles. The van der Waals surface area contributed by atoms with Crippen molar-refractivity contribution in [3.05, 3.63) is 53.6 Å². The van der Waals surface area contributed by atoms with E-state index in [1.54, 1.807) is 0 Å². The lowest BCUT2D eigenvalue weighted by molar-refractivity contribution is 0.0694. The molecule has 20 heavy (non-hydrogen) atoms. The lowest BCUT2D eigenvalue weighted by atomic mass is 10.1. The van der Waals surface area contributed by atoms with Crippen LogP contribution in [0.4, 0.5) is 0 Å². The Balaban J connectivity index is 2.41. The smallest absolute Gasteiger partial charge is 0.339 e. The number of carboxylic acids is 2. The molecular weight excluding hydrogens is 264 g/mol. The van der Waals surface area contributed by atoms with Gasteiger partial charge in [0.1, 0.15) is 22.8 Å². The van der Waals surface area contributed by atoms with Gasteiger partial charge in [0.05, 0.1) is 5.56 Å². The zero-order chi connectivity index (χ0) is 14.7. The summed E-state index contributed by atoms with van der Waals surface area (Å²) in [5.41, 5.74) is -0.418. The van der Waals surface area contributed by atoms with Crippen LogP contribution in [0.2, 0.25) is 0 Å². The highest BCUT2D eigenvalue weighted by atomic mass is 16.5. The van der Waals surface area contributed by atoms with Gasteiger partial charge in [-0.2, -0.15) is 0 Å². The molecule has 0 unspecified atom stereocenters. The SMILES string of the molecule is O=C(O)c1ccc(Oc2cccc(O)c2)c(C(=O)O)c1. The third-order valence-corrected chi connectivity index (χ3v) is 2.50. The molecule has 0 amide bonds. The van der Waals surface area contributed by atoms with E-state index in [1.807, 2.05) is 0 Å². The molecule has 0 bridgehead atoms. The summed E-state index contributed by atoms with van der Waals surface area (Å²) in [6.07, 6.45) is 0. The topological polar surface area (TPSA) is 104 Å². The van der Waals surface area contributed by atoms with Gasteiger partial charge in [-0.15, -0.1) is 0 Å².